The Morgan fingerprint density at radius 1 is 0.964 bits per heavy atom. The fraction of sp³-hybridized carbons (Fsp3) is 0.273. The molecule has 28 heavy (non-hydrogen) atoms. The second-order valence-electron chi connectivity index (χ2n) is 7.39. The van der Waals surface area contributed by atoms with E-state index in [1.54, 1.807) is 11.3 Å². The lowest BCUT2D eigenvalue weighted by molar-refractivity contribution is 0.313. The van der Waals surface area contributed by atoms with Crippen LogP contribution in [0.4, 0.5) is 5.69 Å². The van der Waals surface area contributed by atoms with Gasteiger partial charge in [0.15, 0.2) is 0 Å². The van der Waals surface area contributed by atoms with E-state index in [2.05, 4.69) is 64.3 Å². The SMILES string of the molecule is Cc1nc(-c2n[nH]c3ccccc23)sc1-c1ccc(N2CCN(C)CC2)cc1. The maximum atomic E-state index is 4.82. The molecule has 0 radical (unpaired) electrons. The quantitative estimate of drug-likeness (QED) is 0.564. The maximum Gasteiger partial charge on any atom is 0.145 e. The number of nitrogens with one attached hydrogen (secondary N) is 1. The van der Waals surface area contributed by atoms with Crippen LogP contribution in [0.15, 0.2) is 48.5 Å². The predicted molar refractivity (Wildman–Crippen MR) is 117 cm³/mol. The van der Waals surface area contributed by atoms with Gasteiger partial charge in [-0.15, -0.1) is 11.3 Å². The summed E-state index contributed by atoms with van der Waals surface area (Å²) in [5.41, 5.74) is 5.56. The molecule has 1 aliphatic heterocycles. The summed E-state index contributed by atoms with van der Waals surface area (Å²) in [6.45, 7) is 6.50. The molecule has 1 aliphatic rings. The number of likely N-dealkylation sites (N-methyl/N-ethyl adjacent to an activating group) is 1. The largest absolute Gasteiger partial charge is 0.369 e. The Morgan fingerprint density at radius 2 is 1.71 bits per heavy atom. The van der Waals surface area contributed by atoms with Gasteiger partial charge in [-0.2, -0.15) is 5.10 Å². The highest BCUT2D eigenvalue weighted by molar-refractivity contribution is 7.18. The van der Waals surface area contributed by atoms with Gasteiger partial charge in [0.25, 0.3) is 0 Å². The molecule has 6 heteroatoms. The monoisotopic (exact) mass is 389 g/mol. The van der Waals surface area contributed by atoms with Gasteiger partial charge < -0.3 is 9.80 Å². The van der Waals surface area contributed by atoms with Gasteiger partial charge in [0.05, 0.1) is 16.1 Å². The minimum atomic E-state index is 0.934. The van der Waals surface area contributed by atoms with Crippen LogP contribution >= 0.6 is 11.3 Å². The molecule has 1 fully saturated rings. The smallest absolute Gasteiger partial charge is 0.145 e. The van der Waals surface area contributed by atoms with Gasteiger partial charge in [0, 0.05) is 37.3 Å². The molecule has 4 aromatic rings. The second-order valence-corrected chi connectivity index (χ2v) is 8.39. The zero-order chi connectivity index (χ0) is 19.1. The third-order valence-corrected chi connectivity index (χ3v) is 6.68. The average molecular weight is 390 g/mol. The molecule has 0 unspecified atom stereocenters. The minimum Gasteiger partial charge on any atom is -0.369 e. The van der Waals surface area contributed by atoms with Crippen molar-refractivity contribution in [1.29, 1.82) is 0 Å². The molecule has 0 atom stereocenters. The molecule has 3 heterocycles. The van der Waals surface area contributed by atoms with Crippen LogP contribution in [0.3, 0.4) is 0 Å². The molecule has 1 saturated heterocycles. The molecule has 5 nitrogen and oxygen atoms in total. The summed E-state index contributed by atoms with van der Waals surface area (Å²) >= 11 is 1.71. The van der Waals surface area contributed by atoms with Crippen molar-refractivity contribution < 1.29 is 0 Å². The number of hydrogen-bond donors (Lipinski definition) is 1. The topological polar surface area (TPSA) is 48.1 Å². The molecule has 0 saturated carbocycles. The van der Waals surface area contributed by atoms with Crippen molar-refractivity contribution in [3.05, 3.63) is 54.2 Å². The molecule has 1 N–H and O–H groups in total. The first-order valence-corrected chi connectivity index (χ1v) is 10.5. The Balaban J connectivity index is 1.44. The van der Waals surface area contributed by atoms with Crippen molar-refractivity contribution >= 4 is 27.9 Å². The number of anilines is 1. The molecule has 5 rings (SSSR count). The van der Waals surface area contributed by atoms with Crippen LogP contribution in [0.25, 0.3) is 32.0 Å². The zero-order valence-corrected chi connectivity index (χ0v) is 17.0. The van der Waals surface area contributed by atoms with Crippen LogP contribution in [-0.2, 0) is 0 Å². The van der Waals surface area contributed by atoms with E-state index >= 15 is 0 Å². The standard InChI is InChI=1S/C22H23N5S/c1-15-21(16-7-9-17(10-8-16)27-13-11-26(2)12-14-27)28-22(23-15)20-18-5-3-4-6-19(18)24-25-20/h3-10H,11-14H2,1-2H3,(H,24,25). The summed E-state index contributed by atoms with van der Waals surface area (Å²) in [4.78, 5) is 10.9. The first-order valence-electron chi connectivity index (χ1n) is 9.64. The van der Waals surface area contributed by atoms with Gasteiger partial charge in [0.2, 0.25) is 0 Å². The highest BCUT2D eigenvalue weighted by atomic mass is 32.1. The second kappa shape index (κ2) is 7.04. The summed E-state index contributed by atoms with van der Waals surface area (Å²) in [6.07, 6.45) is 0. The van der Waals surface area contributed by atoms with Crippen LogP contribution < -0.4 is 4.90 Å². The maximum absolute atomic E-state index is 4.82. The molecular weight excluding hydrogens is 366 g/mol. The number of H-pyrrole nitrogens is 1. The number of nitrogens with zero attached hydrogens (tertiary/aromatic N) is 4. The van der Waals surface area contributed by atoms with E-state index in [-0.39, 0.29) is 0 Å². The van der Waals surface area contributed by atoms with E-state index in [9.17, 15) is 0 Å². The predicted octanol–water partition coefficient (Wildman–Crippen LogP) is 4.41. The Morgan fingerprint density at radius 3 is 2.50 bits per heavy atom. The van der Waals surface area contributed by atoms with Gasteiger partial charge in [-0.3, -0.25) is 5.10 Å². The van der Waals surface area contributed by atoms with E-state index in [0.717, 1.165) is 53.5 Å². The van der Waals surface area contributed by atoms with Gasteiger partial charge >= 0.3 is 0 Å². The number of piperazine rings is 1. The highest BCUT2D eigenvalue weighted by Gasteiger charge is 2.17. The van der Waals surface area contributed by atoms with Crippen molar-refractivity contribution in [2.75, 3.05) is 38.1 Å². The zero-order valence-electron chi connectivity index (χ0n) is 16.1. The molecule has 0 aliphatic carbocycles. The van der Waals surface area contributed by atoms with Crippen molar-refractivity contribution in [2.45, 2.75) is 6.92 Å². The van der Waals surface area contributed by atoms with Crippen LogP contribution in [0.2, 0.25) is 0 Å². The fourth-order valence-corrected chi connectivity index (χ4v) is 4.86. The lowest BCUT2D eigenvalue weighted by Gasteiger charge is -2.34. The number of rotatable bonds is 3. The van der Waals surface area contributed by atoms with E-state index in [4.69, 9.17) is 4.98 Å². The number of aromatic amines is 1. The van der Waals surface area contributed by atoms with Crippen LogP contribution in [0.5, 0.6) is 0 Å². The number of aryl methyl sites for hydroxylation is 1. The number of aromatic nitrogens is 3. The number of hydrogen-bond acceptors (Lipinski definition) is 5. The molecule has 2 aromatic carbocycles. The minimum absolute atomic E-state index is 0.934. The lowest BCUT2D eigenvalue weighted by atomic mass is 10.1. The Bertz CT molecular complexity index is 1100. The summed E-state index contributed by atoms with van der Waals surface area (Å²) in [7, 11) is 2.19. The van der Waals surface area contributed by atoms with Crippen molar-refractivity contribution in [3.63, 3.8) is 0 Å². The van der Waals surface area contributed by atoms with E-state index < -0.39 is 0 Å². The number of para-hydroxylation sites is 1. The summed E-state index contributed by atoms with van der Waals surface area (Å²) < 4.78 is 0. The van der Waals surface area contributed by atoms with Crippen LogP contribution in [0, 0.1) is 6.92 Å². The highest BCUT2D eigenvalue weighted by Crippen LogP contribution is 2.37. The molecule has 0 spiro atoms. The number of thiazole rings is 1. The Kier molecular flexibility index (Phi) is 4.37. The fourth-order valence-electron chi connectivity index (χ4n) is 3.78. The van der Waals surface area contributed by atoms with Crippen molar-refractivity contribution in [3.8, 4) is 21.1 Å². The average Bonchev–Trinajstić information content (AvgIpc) is 3.32. The number of fused-ring (bicyclic) bond motifs is 1. The molecule has 142 valence electrons. The van der Waals surface area contributed by atoms with Crippen molar-refractivity contribution in [2.24, 2.45) is 0 Å². The van der Waals surface area contributed by atoms with Crippen molar-refractivity contribution in [1.82, 2.24) is 20.1 Å². The summed E-state index contributed by atoms with van der Waals surface area (Å²) in [5.74, 6) is 0. The molecule has 0 bridgehead atoms. The Hall–Kier alpha value is -2.70. The van der Waals surface area contributed by atoms with Crippen LogP contribution in [-0.4, -0.2) is 53.3 Å². The van der Waals surface area contributed by atoms with E-state index in [1.165, 1.54) is 16.1 Å². The summed E-state index contributed by atoms with van der Waals surface area (Å²) in [6, 6.07) is 17.1. The third kappa shape index (κ3) is 3.08. The Labute approximate surface area is 168 Å². The summed E-state index contributed by atoms with van der Waals surface area (Å²) in [5, 5.41) is 9.70. The normalized spacial score (nSPS) is 15.4. The number of benzene rings is 2. The van der Waals surface area contributed by atoms with Gasteiger partial charge in [-0.05, 0) is 37.7 Å². The molecule has 2 aromatic heterocycles. The van der Waals surface area contributed by atoms with E-state index in [0.29, 0.717) is 0 Å². The molecular formula is C22H23N5S. The van der Waals surface area contributed by atoms with Gasteiger partial charge in [0.1, 0.15) is 10.7 Å². The van der Waals surface area contributed by atoms with Crippen LogP contribution in [0.1, 0.15) is 5.69 Å². The van der Waals surface area contributed by atoms with Gasteiger partial charge in [-0.1, -0.05) is 30.3 Å². The first-order chi connectivity index (χ1) is 13.7. The van der Waals surface area contributed by atoms with Gasteiger partial charge in [-0.25, -0.2) is 4.98 Å². The molecule has 0 amide bonds. The van der Waals surface area contributed by atoms with E-state index in [1.807, 2.05) is 18.2 Å². The lowest BCUT2D eigenvalue weighted by Crippen LogP contribution is -2.44. The first kappa shape index (κ1) is 17.4. The third-order valence-electron chi connectivity index (χ3n) is 5.47.